The summed E-state index contributed by atoms with van der Waals surface area (Å²) in [5.41, 5.74) is 1.11. The van der Waals surface area contributed by atoms with Crippen molar-refractivity contribution in [2.45, 2.75) is 70.1 Å². The van der Waals surface area contributed by atoms with Crippen molar-refractivity contribution in [2.75, 3.05) is 5.75 Å². The topological polar surface area (TPSA) is 59.8 Å². The summed E-state index contributed by atoms with van der Waals surface area (Å²) in [4.78, 5) is 13.5. The predicted octanol–water partition coefficient (Wildman–Crippen LogP) is 4.27. The summed E-state index contributed by atoms with van der Waals surface area (Å²) in [5, 5.41) is 14.8. The number of aryl methyl sites for hydroxylation is 1. The highest BCUT2D eigenvalue weighted by Gasteiger charge is 2.18. The molecule has 0 aromatic carbocycles. The van der Waals surface area contributed by atoms with Crippen molar-refractivity contribution < 1.29 is 4.79 Å². The summed E-state index contributed by atoms with van der Waals surface area (Å²) in [6.45, 7) is 5.11. The number of amides is 1. The number of rotatable bonds is 7. The second-order valence-electron chi connectivity index (χ2n) is 6.59. The van der Waals surface area contributed by atoms with Crippen molar-refractivity contribution in [1.29, 1.82) is 0 Å². The molecule has 136 valence electrons. The molecule has 1 fully saturated rings. The standard InChI is InChI=1S/C18H26N4OS2/c1-3-9-22-17(14-10-13(2)24-11-14)20-21-18(22)25-12-16(23)19-15-7-5-4-6-8-15/h10-11,15H,3-9,12H2,1-2H3,(H,19,23). The van der Waals surface area contributed by atoms with Gasteiger partial charge in [-0.2, -0.15) is 0 Å². The largest absolute Gasteiger partial charge is 0.353 e. The molecule has 5 nitrogen and oxygen atoms in total. The van der Waals surface area contributed by atoms with E-state index in [0.29, 0.717) is 11.8 Å². The van der Waals surface area contributed by atoms with Crippen LogP contribution in [0.2, 0.25) is 0 Å². The second kappa shape index (κ2) is 8.85. The maximum atomic E-state index is 12.2. The Hall–Kier alpha value is -1.34. The van der Waals surface area contributed by atoms with Gasteiger partial charge in [-0.05, 0) is 32.3 Å². The van der Waals surface area contributed by atoms with Crippen molar-refractivity contribution in [3.63, 3.8) is 0 Å². The molecule has 2 aromatic heterocycles. The number of hydrogen-bond donors (Lipinski definition) is 1. The Labute approximate surface area is 157 Å². The van der Waals surface area contributed by atoms with Crippen LogP contribution >= 0.6 is 23.1 Å². The van der Waals surface area contributed by atoms with E-state index in [4.69, 9.17) is 0 Å². The average molecular weight is 379 g/mol. The first-order valence-electron chi connectivity index (χ1n) is 9.08. The van der Waals surface area contributed by atoms with Crippen molar-refractivity contribution in [1.82, 2.24) is 20.1 Å². The van der Waals surface area contributed by atoms with Gasteiger partial charge in [0.2, 0.25) is 5.91 Å². The fraction of sp³-hybridized carbons (Fsp3) is 0.611. The van der Waals surface area contributed by atoms with Crippen LogP contribution in [-0.4, -0.2) is 32.5 Å². The lowest BCUT2D eigenvalue weighted by molar-refractivity contribution is -0.119. The summed E-state index contributed by atoms with van der Waals surface area (Å²) < 4.78 is 2.14. The van der Waals surface area contributed by atoms with Gasteiger partial charge in [0.05, 0.1) is 5.75 Å². The Balaban J connectivity index is 1.63. The third-order valence-corrected chi connectivity index (χ3v) is 6.28. The zero-order valence-electron chi connectivity index (χ0n) is 15.0. The van der Waals surface area contributed by atoms with Crippen LogP contribution in [-0.2, 0) is 11.3 Å². The summed E-state index contributed by atoms with van der Waals surface area (Å²) in [6, 6.07) is 2.50. The molecule has 1 aliphatic carbocycles. The molecule has 0 radical (unpaired) electrons. The maximum absolute atomic E-state index is 12.2. The van der Waals surface area contributed by atoms with Crippen LogP contribution in [0.25, 0.3) is 11.4 Å². The Morgan fingerprint density at radius 1 is 1.36 bits per heavy atom. The molecule has 0 spiro atoms. The molecule has 1 amide bonds. The number of hydrogen-bond acceptors (Lipinski definition) is 5. The van der Waals surface area contributed by atoms with E-state index in [0.717, 1.165) is 42.4 Å². The van der Waals surface area contributed by atoms with Crippen molar-refractivity contribution >= 4 is 29.0 Å². The molecule has 7 heteroatoms. The Morgan fingerprint density at radius 2 is 2.16 bits per heavy atom. The molecule has 1 N–H and O–H groups in total. The van der Waals surface area contributed by atoms with Crippen molar-refractivity contribution in [3.05, 3.63) is 16.3 Å². The fourth-order valence-corrected chi connectivity index (χ4v) is 4.70. The average Bonchev–Trinajstić information content (AvgIpc) is 3.20. The monoisotopic (exact) mass is 378 g/mol. The Kier molecular flexibility index (Phi) is 6.53. The van der Waals surface area contributed by atoms with Gasteiger partial charge in [-0.1, -0.05) is 37.9 Å². The third kappa shape index (κ3) is 4.85. The van der Waals surface area contributed by atoms with Gasteiger partial charge < -0.3 is 9.88 Å². The van der Waals surface area contributed by atoms with Gasteiger partial charge >= 0.3 is 0 Å². The number of nitrogens with one attached hydrogen (secondary N) is 1. The van der Waals surface area contributed by atoms with Crippen LogP contribution in [0.1, 0.15) is 50.3 Å². The smallest absolute Gasteiger partial charge is 0.230 e. The lowest BCUT2D eigenvalue weighted by Crippen LogP contribution is -2.37. The number of carbonyl (C=O) groups is 1. The fourth-order valence-electron chi connectivity index (χ4n) is 3.24. The summed E-state index contributed by atoms with van der Waals surface area (Å²) in [5.74, 6) is 1.42. The first-order chi connectivity index (χ1) is 12.2. The van der Waals surface area contributed by atoms with Crippen LogP contribution < -0.4 is 5.32 Å². The molecule has 0 unspecified atom stereocenters. The quantitative estimate of drug-likeness (QED) is 0.731. The molecular weight excluding hydrogens is 352 g/mol. The summed E-state index contributed by atoms with van der Waals surface area (Å²) in [7, 11) is 0. The summed E-state index contributed by atoms with van der Waals surface area (Å²) in [6.07, 6.45) is 6.99. The lowest BCUT2D eigenvalue weighted by atomic mass is 9.95. The normalized spacial score (nSPS) is 15.4. The molecule has 2 aromatic rings. The highest BCUT2D eigenvalue weighted by molar-refractivity contribution is 7.99. The van der Waals surface area contributed by atoms with Gasteiger partial charge in [0, 0.05) is 28.4 Å². The van der Waals surface area contributed by atoms with Gasteiger partial charge in [0.15, 0.2) is 11.0 Å². The first kappa shape index (κ1) is 18.5. The molecule has 1 saturated carbocycles. The number of aromatic nitrogens is 3. The van der Waals surface area contributed by atoms with E-state index in [9.17, 15) is 4.79 Å². The minimum atomic E-state index is 0.107. The zero-order chi connectivity index (χ0) is 17.6. The van der Waals surface area contributed by atoms with Gasteiger partial charge in [-0.25, -0.2) is 0 Å². The Bertz CT molecular complexity index is 704. The van der Waals surface area contributed by atoms with Crippen LogP contribution in [0.3, 0.4) is 0 Å². The molecule has 0 aliphatic heterocycles. The van der Waals surface area contributed by atoms with Gasteiger partial charge in [-0.3, -0.25) is 4.79 Å². The molecule has 0 atom stereocenters. The minimum Gasteiger partial charge on any atom is -0.353 e. The Morgan fingerprint density at radius 3 is 2.84 bits per heavy atom. The molecular formula is C18H26N4OS2. The van der Waals surface area contributed by atoms with Gasteiger partial charge in [-0.15, -0.1) is 21.5 Å². The van der Waals surface area contributed by atoms with E-state index in [1.54, 1.807) is 11.3 Å². The van der Waals surface area contributed by atoms with Gasteiger partial charge in [0.1, 0.15) is 0 Å². The van der Waals surface area contributed by atoms with E-state index in [2.05, 4.69) is 45.4 Å². The second-order valence-corrected chi connectivity index (χ2v) is 8.65. The van der Waals surface area contributed by atoms with E-state index in [1.807, 2.05) is 0 Å². The van der Waals surface area contributed by atoms with Crippen molar-refractivity contribution in [2.24, 2.45) is 0 Å². The maximum Gasteiger partial charge on any atom is 0.230 e. The van der Waals surface area contributed by atoms with Crippen LogP contribution in [0.4, 0.5) is 0 Å². The SMILES string of the molecule is CCCn1c(SCC(=O)NC2CCCCC2)nnc1-c1csc(C)c1. The molecule has 25 heavy (non-hydrogen) atoms. The van der Waals surface area contributed by atoms with E-state index in [-0.39, 0.29) is 5.91 Å². The van der Waals surface area contributed by atoms with Crippen LogP contribution in [0, 0.1) is 6.92 Å². The molecule has 3 rings (SSSR count). The number of thioether (sulfide) groups is 1. The van der Waals surface area contributed by atoms with Crippen LogP contribution in [0.5, 0.6) is 0 Å². The van der Waals surface area contributed by atoms with Crippen molar-refractivity contribution in [3.8, 4) is 11.4 Å². The van der Waals surface area contributed by atoms with Crippen LogP contribution in [0.15, 0.2) is 16.6 Å². The van der Waals surface area contributed by atoms with E-state index >= 15 is 0 Å². The molecule has 0 saturated heterocycles. The highest BCUT2D eigenvalue weighted by atomic mass is 32.2. The molecule has 0 bridgehead atoms. The molecule has 1 aliphatic rings. The number of nitrogens with zero attached hydrogens (tertiary/aromatic N) is 3. The number of thiophene rings is 1. The number of carbonyl (C=O) groups excluding carboxylic acids is 1. The summed E-state index contributed by atoms with van der Waals surface area (Å²) >= 11 is 3.21. The first-order valence-corrected chi connectivity index (χ1v) is 10.9. The van der Waals surface area contributed by atoms with Gasteiger partial charge in [0.25, 0.3) is 0 Å². The third-order valence-electron chi connectivity index (χ3n) is 4.46. The minimum absolute atomic E-state index is 0.107. The lowest BCUT2D eigenvalue weighted by Gasteiger charge is -2.22. The van der Waals surface area contributed by atoms with E-state index in [1.165, 1.54) is 35.9 Å². The predicted molar refractivity (Wildman–Crippen MR) is 104 cm³/mol. The molecule has 2 heterocycles. The highest BCUT2D eigenvalue weighted by Crippen LogP contribution is 2.27. The zero-order valence-corrected chi connectivity index (χ0v) is 16.6. The van der Waals surface area contributed by atoms with E-state index < -0.39 is 0 Å².